The molecule has 3 aromatic rings. The molecule has 0 radical (unpaired) electrons. The van der Waals surface area contributed by atoms with E-state index in [1.807, 2.05) is 6.07 Å². The maximum Gasteiger partial charge on any atom is 0.287 e. The molecule has 0 saturated carbocycles. The number of pyridine rings is 1. The smallest absolute Gasteiger partial charge is 0.287 e. The number of methoxy groups -OCH3 is 1. The summed E-state index contributed by atoms with van der Waals surface area (Å²) in [7, 11) is 1.53. The van der Waals surface area contributed by atoms with Gasteiger partial charge < -0.3 is 9.47 Å². The summed E-state index contributed by atoms with van der Waals surface area (Å²) < 4.78 is 12.7. The molecule has 0 bridgehead atoms. The van der Waals surface area contributed by atoms with Crippen LogP contribution in [0.3, 0.4) is 0 Å². The van der Waals surface area contributed by atoms with Crippen LogP contribution in [0.15, 0.2) is 56.6 Å². The Morgan fingerprint density at radius 2 is 1.97 bits per heavy atom. The lowest BCUT2D eigenvalue weighted by molar-refractivity contribution is -0.385. The number of hydrazone groups is 1. The van der Waals surface area contributed by atoms with E-state index in [2.05, 4.69) is 47.4 Å². The predicted molar refractivity (Wildman–Crippen MR) is 131 cm³/mol. The molecule has 1 N–H and O–H groups in total. The number of ether oxygens (including phenoxy) is 2. The van der Waals surface area contributed by atoms with Gasteiger partial charge in [0.25, 0.3) is 5.69 Å². The Kier molecular flexibility index (Phi) is 8.30. The highest BCUT2D eigenvalue weighted by molar-refractivity contribution is 9.13. The fraction of sp³-hybridized carbons (Fsp3) is 0.100. The van der Waals surface area contributed by atoms with Crippen molar-refractivity contribution in [2.24, 2.45) is 5.10 Å². The third-order valence-corrected chi connectivity index (χ3v) is 6.97. The molecule has 32 heavy (non-hydrogen) atoms. The van der Waals surface area contributed by atoms with Crippen molar-refractivity contribution in [1.29, 1.82) is 0 Å². The Morgan fingerprint density at radius 3 is 2.59 bits per heavy atom. The van der Waals surface area contributed by atoms with E-state index < -0.39 is 4.92 Å². The molecule has 12 heteroatoms. The quantitative estimate of drug-likeness (QED) is 0.171. The van der Waals surface area contributed by atoms with Gasteiger partial charge in [-0.1, -0.05) is 29.3 Å². The minimum absolute atomic E-state index is 0.104. The van der Waals surface area contributed by atoms with Gasteiger partial charge in [-0.15, -0.1) is 0 Å². The first-order chi connectivity index (χ1) is 15.3. The zero-order chi connectivity index (χ0) is 23.3. The summed E-state index contributed by atoms with van der Waals surface area (Å²) in [6.07, 6.45) is 2.69. The topological polar surface area (TPSA) is 98.9 Å². The van der Waals surface area contributed by atoms with Crippen LogP contribution in [0.2, 0.25) is 10.0 Å². The molecule has 0 saturated heterocycles. The lowest BCUT2D eigenvalue weighted by Crippen LogP contribution is -2.01. The van der Waals surface area contributed by atoms with Gasteiger partial charge in [-0.2, -0.15) is 5.10 Å². The first-order valence-electron chi connectivity index (χ1n) is 8.82. The molecule has 0 spiro atoms. The molecule has 8 nitrogen and oxygen atoms in total. The molecule has 2 aromatic carbocycles. The van der Waals surface area contributed by atoms with E-state index in [1.165, 1.54) is 19.2 Å². The number of halogens is 4. The number of aromatic nitrogens is 1. The van der Waals surface area contributed by atoms with E-state index in [0.29, 0.717) is 41.9 Å². The van der Waals surface area contributed by atoms with Gasteiger partial charge in [-0.05, 0) is 61.7 Å². The number of anilines is 1. The van der Waals surface area contributed by atoms with Crippen molar-refractivity contribution < 1.29 is 14.4 Å². The molecule has 0 atom stereocenters. The fourth-order valence-corrected chi connectivity index (χ4v) is 3.75. The molecule has 0 aliphatic heterocycles. The first-order valence-corrected chi connectivity index (χ1v) is 11.2. The van der Waals surface area contributed by atoms with E-state index in [-0.39, 0.29) is 12.3 Å². The monoisotopic (exact) mass is 602 g/mol. The highest BCUT2D eigenvalue weighted by atomic mass is 79.9. The lowest BCUT2D eigenvalue weighted by Gasteiger charge is -2.15. The van der Waals surface area contributed by atoms with E-state index in [0.717, 1.165) is 11.8 Å². The Balaban J connectivity index is 1.76. The molecule has 1 heterocycles. The molecule has 0 aliphatic rings. The van der Waals surface area contributed by atoms with Crippen molar-refractivity contribution in [3.8, 4) is 11.5 Å². The van der Waals surface area contributed by atoms with Gasteiger partial charge >= 0.3 is 0 Å². The molecular formula is C20H14Br2Cl2N4O4. The molecule has 0 unspecified atom stereocenters. The van der Waals surface area contributed by atoms with Crippen LogP contribution in [0, 0.1) is 10.1 Å². The molecular weight excluding hydrogens is 591 g/mol. The van der Waals surface area contributed by atoms with E-state index in [4.69, 9.17) is 32.7 Å². The molecule has 0 fully saturated rings. The van der Waals surface area contributed by atoms with Crippen LogP contribution in [0.25, 0.3) is 0 Å². The van der Waals surface area contributed by atoms with Crippen molar-refractivity contribution in [3.63, 3.8) is 0 Å². The van der Waals surface area contributed by atoms with Crippen LogP contribution in [0.1, 0.15) is 11.1 Å². The van der Waals surface area contributed by atoms with Crippen LogP contribution in [-0.2, 0) is 6.61 Å². The fourth-order valence-electron chi connectivity index (χ4n) is 2.50. The molecule has 1 aromatic heterocycles. The van der Waals surface area contributed by atoms with Gasteiger partial charge in [0.05, 0.1) is 32.8 Å². The number of benzene rings is 2. The normalized spacial score (nSPS) is 10.9. The molecule has 0 aliphatic carbocycles. The second-order valence-electron chi connectivity index (χ2n) is 6.19. The van der Waals surface area contributed by atoms with Crippen LogP contribution in [-0.4, -0.2) is 23.2 Å². The van der Waals surface area contributed by atoms with Gasteiger partial charge in [0.15, 0.2) is 11.5 Å². The van der Waals surface area contributed by atoms with E-state index in [9.17, 15) is 10.1 Å². The lowest BCUT2D eigenvalue weighted by atomic mass is 10.2. The average Bonchev–Trinajstić information content (AvgIpc) is 2.78. The number of rotatable bonds is 8. The standard InChI is InChI=1S/C20H14Br2Cl2N4O4/c1-31-16-7-12(8-26-27-17-5-3-13(9-25-17)28(29)30)18(21)19(22)20(16)32-10-11-2-4-14(23)15(24)6-11/h2-9H,10H2,1H3,(H,25,27)/b26-8-. The Hall–Kier alpha value is -2.40. The van der Waals surface area contributed by atoms with Gasteiger partial charge in [-0.25, -0.2) is 4.98 Å². The summed E-state index contributed by atoms with van der Waals surface area (Å²) in [6, 6.07) is 9.80. The summed E-state index contributed by atoms with van der Waals surface area (Å²) in [5, 5.41) is 15.7. The summed E-state index contributed by atoms with van der Waals surface area (Å²) in [4.78, 5) is 14.1. The van der Waals surface area contributed by atoms with Crippen LogP contribution < -0.4 is 14.9 Å². The Morgan fingerprint density at radius 1 is 1.19 bits per heavy atom. The summed E-state index contributed by atoms with van der Waals surface area (Å²) in [5.41, 5.74) is 4.14. The van der Waals surface area contributed by atoms with Crippen molar-refractivity contribution in [3.05, 3.63) is 82.8 Å². The number of hydrogen-bond donors (Lipinski definition) is 1. The van der Waals surface area contributed by atoms with Crippen molar-refractivity contribution in [2.45, 2.75) is 6.61 Å². The zero-order valence-electron chi connectivity index (χ0n) is 16.3. The van der Waals surface area contributed by atoms with E-state index >= 15 is 0 Å². The molecule has 0 amide bonds. The summed E-state index contributed by atoms with van der Waals surface area (Å²) in [5.74, 6) is 1.33. The van der Waals surface area contributed by atoms with Crippen molar-refractivity contribution in [1.82, 2.24) is 4.98 Å². The maximum absolute atomic E-state index is 10.7. The first kappa shape index (κ1) is 24.2. The van der Waals surface area contributed by atoms with Crippen molar-refractivity contribution in [2.75, 3.05) is 12.5 Å². The second kappa shape index (κ2) is 11.0. The highest BCUT2D eigenvalue weighted by Crippen LogP contribution is 2.42. The largest absolute Gasteiger partial charge is 0.493 e. The average molecular weight is 605 g/mol. The van der Waals surface area contributed by atoms with Crippen LogP contribution >= 0.6 is 55.1 Å². The number of hydrogen-bond acceptors (Lipinski definition) is 7. The van der Waals surface area contributed by atoms with E-state index in [1.54, 1.807) is 24.4 Å². The van der Waals surface area contributed by atoms with Crippen LogP contribution in [0.5, 0.6) is 11.5 Å². The molecule has 3 rings (SSSR count). The molecule has 166 valence electrons. The predicted octanol–water partition coefficient (Wildman–Crippen LogP) is 6.86. The minimum Gasteiger partial charge on any atom is -0.493 e. The Bertz CT molecular complexity index is 1180. The highest BCUT2D eigenvalue weighted by Gasteiger charge is 2.17. The number of nitrogens with zero attached hydrogens (tertiary/aromatic N) is 3. The maximum atomic E-state index is 10.7. The SMILES string of the molecule is COc1cc(/C=N\Nc2ccc([N+](=O)[O-])cn2)c(Br)c(Br)c1OCc1ccc(Cl)c(Cl)c1. The second-order valence-corrected chi connectivity index (χ2v) is 8.59. The third kappa shape index (κ3) is 5.89. The van der Waals surface area contributed by atoms with Crippen molar-refractivity contribution >= 4 is 72.8 Å². The zero-order valence-corrected chi connectivity index (χ0v) is 21.0. The third-order valence-electron chi connectivity index (χ3n) is 4.08. The number of nitro groups is 1. The van der Waals surface area contributed by atoms with Crippen LogP contribution in [0.4, 0.5) is 11.5 Å². The van der Waals surface area contributed by atoms with Gasteiger partial charge in [0.2, 0.25) is 0 Å². The van der Waals surface area contributed by atoms with Gasteiger partial charge in [-0.3, -0.25) is 15.5 Å². The van der Waals surface area contributed by atoms with Gasteiger partial charge in [0, 0.05) is 16.1 Å². The summed E-state index contributed by atoms with van der Waals surface area (Å²) >= 11 is 19.1. The Labute approximate surface area is 209 Å². The number of nitrogens with one attached hydrogen (secondary N) is 1. The summed E-state index contributed by atoms with van der Waals surface area (Å²) in [6.45, 7) is 0.249. The minimum atomic E-state index is -0.522. The van der Waals surface area contributed by atoms with Gasteiger partial charge in [0.1, 0.15) is 18.6 Å².